The maximum Gasteiger partial charge on any atom is 0.335 e. The molecule has 0 radical (unpaired) electrons. The van der Waals surface area contributed by atoms with E-state index in [1.54, 1.807) is 24.3 Å². The molecule has 0 spiro atoms. The van der Waals surface area contributed by atoms with Crippen LogP contribution < -0.4 is 11.1 Å². The van der Waals surface area contributed by atoms with Crippen molar-refractivity contribution in [3.05, 3.63) is 52.0 Å². The molecule has 6 heteroatoms. The monoisotopic (exact) mass is 331 g/mol. The fraction of sp³-hybridized carbons (Fsp3) is 0. The number of hydrogen-bond donors (Lipinski definition) is 3. The number of carboxylic acid groups (broad SMARTS) is 1. The lowest BCUT2D eigenvalue weighted by molar-refractivity contribution is 0.0697. The number of nitrogens with two attached hydrogens (primary N) is 1. The summed E-state index contributed by atoms with van der Waals surface area (Å²) in [5, 5.41) is 21.0. The number of anilines is 3. The highest BCUT2D eigenvalue weighted by molar-refractivity contribution is 9.10. The molecule has 0 aliphatic carbocycles. The smallest absolute Gasteiger partial charge is 0.335 e. The van der Waals surface area contributed by atoms with E-state index in [0.717, 1.165) is 4.47 Å². The van der Waals surface area contributed by atoms with Crippen LogP contribution >= 0.6 is 15.9 Å². The zero-order chi connectivity index (χ0) is 14.7. The molecule has 0 amide bonds. The van der Waals surface area contributed by atoms with Gasteiger partial charge in [0.15, 0.2) is 0 Å². The van der Waals surface area contributed by atoms with E-state index in [0.29, 0.717) is 22.6 Å². The van der Waals surface area contributed by atoms with E-state index in [1.165, 1.54) is 12.1 Å². The molecule has 0 aliphatic rings. The van der Waals surface area contributed by atoms with Crippen molar-refractivity contribution in [2.75, 3.05) is 11.1 Å². The molecule has 2 rings (SSSR count). The zero-order valence-corrected chi connectivity index (χ0v) is 11.8. The number of nitrogen functional groups attached to an aromatic ring is 1. The third-order valence-corrected chi connectivity index (χ3v) is 3.16. The van der Waals surface area contributed by atoms with E-state index in [-0.39, 0.29) is 5.56 Å². The topological polar surface area (TPSA) is 99.1 Å². The number of aromatic carboxylic acids is 1. The van der Waals surface area contributed by atoms with Gasteiger partial charge < -0.3 is 16.2 Å². The Balaban J connectivity index is 2.38. The number of nitrogens with zero attached hydrogens (tertiary/aromatic N) is 1. The van der Waals surface area contributed by atoms with Gasteiger partial charge in [0.05, 0.1) is 28.2 Å². The number of hydrogen-bond acceptors (Lipinski definition) is 4. The first kappa shape index (κ1) is 13.9. The highest BCUT2D eigenvalue weighted by atomic mass is 79.9. The average Bonchev–Trinajstić information content (AvgIpc) is 2.41. The second kappa shape index (κ2) is 5.63. The summed E-state index contributed by atoms with van der Waals surface area (Å²) in [6.45, 7) is 0. The second-order valence-corrected chi connectivity index (χ2v) is 4.95. The lowest BCUT2D eigenvalue weighted by atomic mass is 10.1. The molecule has 0 bridgehead atoms. The van der Waals surface area contributed by atoms with Crippen molar-refractivity contribution in [1.82, 2.24) is 0 Å². The van der Waals surface area contributed by atoms with Gasteiger partial charge in [-0.25, -0.2) is 4.79 Å². The molecule has 0 unspecified atom stereocenters. The molecule has 0 aliphatic heterocycles. The SMILES string of the molecule is N#Cc1ccc(Br)cc1Nc1ccc(C(=O)O)cc1N. The number of benzene rings is 2. The minimum absolute atomic E-state index is 0.114. The number of nitrogens with one attached hydrogen (secondary N) is 1. The summed E-state index contributed by atoms with van der Waals surface area (Å²) in [6, 6.07) is 11.7. The van der Waals surface area contributed by atoms with Gasteiger partial charge >= 0.3 is 5.97 Å². The minimum Gasteiger partial charge on any atom is -0.478 e. The van der Waals surface area contributed by atoms with Crippen LogP contribution in [-0.4, -0.2) is 11.1 Å². The van der Waals surface area contributed by atoms with E-state index in [4.69, 9.17) is 16.1 Å². The molecule has 0 saturated heterocycles. The maximum atomic E-state index is 10.8. The van der Waals surface area contributed by atoms with E-state index in [1.807, 2.05) is 0 Å². The summed E-state index contributed by atoms with van der Waals surface area (Å²) >= 11 is 3.33. The van der Waals surface area contributed by atoms with Crippen LogP contribution in [0.25, 0.3) is 0 Å². The Morgan fingerprint density at radius 3 is 2.60 bits per heavy atom. The summed E-state index contributed by atoms with van der Waals surface area (Å²) in [7, 11) is 0. The Morgan fingerprint density at radius 2 is 2.00 bits per heavy atom. The molecular formula is C14H10BrN3O2. The number of nitriles is 1. The molecule has 0 saturated carbocycles. The molecule has 0 atom stereocenters. The molecule has 100 valence electrons. The number of halogens is 1. The van der Waals surface area contributed by atoms with Crippen LogP contribution in [0, 0.1) is 11.3 Å². The van der Waals surface area contributed by atoms with Crippen LogP contribution in [0.2, 0.25) is 0 Å². The van der Waals surface area contributed by atoms with Gasteiger partial charge in [0.2, 0.25) is 0 Å². The standard InChI is InChI=1S/C14H10BrN3O2/c15-10-3-1-9(7-16)13(6-10)18-12-4-2-8(14(19)20)5-11(12)17/h1-6,18H,17H2,(H,19,20). The molecule has 4 N–H and O–H groups in total. The highest BCUT2D eigenvalue weighted by Crippen LogP contribution is 2.28. The van der Waals surface area contributed by atoms with Gasteiger partial charge in [-0.1, -0.05) is 15.9 Å². The van der Waals surface area contributed by atoms with Crippen LogP contribution in [0.15, 0.2) is 40.9 Å². The van der Waals surface area contributed by atoms with E-state index in [2.05, 4.69) is 27.3 Å². The van der Waals surface area contributed by atoms with Gasteiger partial charge in [0, 0.05) is 4.47 Å². The largest absolute Gasteiger partial charge is 0.478 e. The van der Waals surface area contributed by atoms with Crippen molar-refractivity contribution in [1.29, 1.82) is 5.26 Å². The van der Waals surface area contributed by atoms with Crippen LogP contribution in [0.5, 0.6) is 0 Å². The zero-order valence-electron chi connectivity index (χ0n) is 10.2. The quantitative estimate of drug-likeness (QED) is 0.749. The summed E-state index contributed by atoms with van der Waals surface area (Å²) in [6.07, 6.45) is 0. The van der Waals surface area contributed by atoms with Gasteiger partial charge in [0.25, 0.3) is 0 Å². The normalized spacial score (nSPS) is 9.80. The third-order valence-electron chi connectivity index (χ3n) is 2.67. The summed E-state index contributed by atoms with van der Waals surface area (Å²) in [4.78, 5) is 10.8. The Kier molecular flexibility index (Phi) is 3.91. The molecule has 0 aromatic heterocycles. The van der Waals surface area contributed by atoms with Crippen molar-refractivity contribution in [2.45, 2.75) is 0 Å². The van der Waals surface area contributed by atoms with Crippen molar-refractivity contribution >= 4 is 39.0 Å². The lowest BCUT2D eigenvalue weighted by Gasteiger charge is -2.11. The first-order chi connectivity index (χ1) is 9.51. The van der Waals surface area contributed by atoms with E-state index >= 15 is 0 Å². The Morgan fingerprint density at radius 1 is 1.25 bits per heavy atom. The number of rotatable bonds is 3. The van der Waals surface area contributed by atoms with Crippen LogP contribution in [0.3, 0.4) is 0 Å². The lowest BCUT2D eigenvalue weighted by Crippen LogP contribution is -2.02. The van der Waals surface area contributed by atoms with Crippen molar-refractivity contribution in [2.24, 2.45) is 0 Å². The molecule has 0 heterocycles. The fourth-order valence-corrected chi connectivity index (χ4v) is 2.03. The Bertz CT molecular complexity index is 723. The van der Waals surface area contributed by atoms with Crippen LogP contribution in [-0.2, 0) is 0 Å². The van der Waals surface area contributed by atoms with Crippen LogP contribution in [0.1, 0.15) is 15.9 Å². The van der Waals surface area contributed by atoms with E-state index in [9.17, 15) is 4.79 Å². The number of carboxylic acids is 1. The number of carbonyl (C=O) groups is 1. The van der Waals surface area contributed by atoms with Crippen molar-refractivity contribution < 1.29 is 9.90 Å². The third kappa shape index (κ3) is 2.90. The first-order valence-electron chi connectivity index (χ1n) is 5.61. The van der Waals surface area contributed by atoms with Crippen molar-refractivity contribution in [3.63, 3.8) is 0 Å². The minimum atomic E-state index is -1.04. The predicted molar refractivity (Wildman–Crippen MR) is 80.0 cm³/mol. The molecule has 2 aromatic carbocycles. The highest BCUT2D eigenvalue weighted by Gasteiger charge is 2.08. The van der Waals surface area contributed by atoms with Gasteiger partial charge in [0.1, 0.15) is 6.07 Å². The molecule has 0 fully saturated rings. The summed E-state index contributed by atoms with van der Waals surface area (Å²) in [5.74, 6) is -1.04. The first-order valence-corrected chi connectivity index (χ1v) is 6.40. The Hall–Kier alpha value is -2.52. The summed E-state index contributed by atoms with van der Waals surface area (Å²) < 4.78 is 0.819. The van der Waals surface area contributed by atoms with E-state index < -0.39 is 5.97 Å². The molecule has 2 aromatic rings. The molecule has 5 nitrogen and oxygen atoms in total. The maximum absolute atomic E-state index is 10.8. The predicted octanol–water partition coefficient (Wildman–Crippen LogP) is 3.34. The van der Waals surface area contributed by atoms with Gasteiger partial charge in [-0.05, 0) is 36.4 Å². The average molecular weight is 332 g/mol. The Labute approximate surface area is 123 Å². The van der Waals surface area contributed by atoms with Crippen molar-refractivity contribution in [3.8, 4) is 6.07 Å². The summed E-state index contributed by atoms with van der Waals surface area (Å²) in [5.41, 5.74) is 7.84. The van der Waals surface area contributed by atoms with Gasteiger partial charge in [-0.15, -0.1) is 0 Å². The second-order valence-electron chi connectivity index (χ2n) is 4.03. The van der Waals surface area contributed by atoms with Crippen LogP contribution in [0.4, 0.5) is 17.1 Å². The van der Waals surface area contributed by atoms with Gasteiger partial charge in [-0.3, -0.25) is 0 Å². The van der Waals surface area contributed by atoms with Gasteiger partial charge in [-0.2, -0.15) is 5.26 Å². The molecule has 20 heavy (non-hydrogen) atoms. The molecular weight excluding hydrogens is 322 g/mol. The fourth-order valence-electron chi connectivity index (χ4n) is 1.67.